The normalized spacial score (nSPS) is 11.7. The van der Waals surface area contributed by atoms with E-state index in [1.54, 1.807) is 24.5 Å². The van der Waals surface area contributed by atoms with Gasteiger partial charge in [-0.15, -0.1) is 0 Å². The second-order valence-electron chi connectivity index (χ2n) is 6.09. The molecule has 6 nitrogen and oxygen atoms in total. The third-order valence-corrected chi connectivity index (χ3v) is 5.54. The number of carbonyl (C=O) groups excluding carboxylic acids is 1. The molecule has 134 valence electrons. The lowest BCUT2D eigenvalue weighted by molar-refractivity contribution is 0.0943. The summed E-state index contributed by atoms with van der Waals surface area (Å²) in [6.07, 6.45) is 3.95. The molecule has 0 unspecified atom stereocenters. The van der Waals surface area contributed by atoms with E-state index in [9.17, 15) is 13.2 Å². The summed E-state index contributed by atoms with van der Waals surface area (Å²) in [6.45, 7) is 4.05. The van der Waals surface area contributed by atoms with Crippen LogP contribution in [0, 0.1) is 0 Å². The molecule has 0 saturated heterocycles. The lowest BCUT2D eigenvalue weighted by Gasteiger charge is -2.18. The number of rotatable bonds is 7. The van der Waals surface area contributed by atoms with Gasteiger partial charge in [0.1, 0.15) is 0 Å². The van der Waals surface area contributed by atoms with Crippen LogP contribution in [-0.4, -0.2) is 43.2 Å². The van der Waals surface area contributed by atoms with E-state index in [0.29, 0.717) is 18.5 Å². The van der Waals surface area contributed by atoms with Crippen LogP contribution in [-0.2, 0) is 16.4 Å². The van der Waals surface area contributed by atoms with Crippen LogP contribution in [0.25, 0.3) is 0 Å². The van der Waals surface area contributed by atoms with Crippen LogP contribution < -0.4 is 5.32 Å². The monoisotopic (exact) mass is 361 g/mol. The van der Waals surface area contributed by atoms with E-state index in [0.717, 1.165) is 5.56 Å². The van der Waals surface area contributed by atoms with Gasteiger partial charge in [-0.1, -0.05) is 6.07 Å². The Balaban J connectivity index is 2.14. The van der Waals surface area contributed by atoms with Crippen molar-refractivity contribution in [1.29, 1.82) is 0 Å². The van der Waals surface area contributed by atoms with Gasteiger partial charge in [-0.2, -0.15) is 0 Å². The number of amides is 1. The molecule has 0 radical (unpaired) electrons. The van der Waals surface area contributed by atoms with Crippen LogP contribution in [0.3, 0.4) is 0 Å². The van der Waals surface area contributed by atoms with E-state index in [1.165, 1.54) is 23.5 Å². The summed E-state index contributed by atoms with van der Waals surface area (Å²) in [7, 11) is -2.12. The van der Waals surface area contributed by atoms with Gasteiger partial charge in [-0.05, 0) is 56.2 Å². The van der Waals surface area contributed by atoms with Crippen molar-refractivity contribution < 1.29 is 13.2 Å². The maximum atomic E-state index is 12.7. The lowest BCUT2D eigenvalue weighted by Crippen LogP contribution is -2.31. The average molecular weight is 361 g/mol. The van der Waals surface area contributed by atoms with Crippen LogP contribution in [0.2, 0.25) is 0 Å². The Bertz CT molecular complexity index is 820. The minimum atomic E-state index is -3.66. The molecule has 0 aliphatic carbocycles. The Morgan fingerprint density at radius 3 is 2.52 bits per heavy atom. The number of nitrogens with one attached hydrogen (secondary N) is 1. The molecular weight excluding hydrogens is 338 g/mol. The molecule has 0 saturated carbocycles. The highest BCUT2D eigenvalue weighted by molar-refractivity contribution is 7.89. The molecule has 7 heteroatoms. The molecule has 25 heavy (non-hydrogen) atoms. The fourth-order valence-electron chi connectivity index (χ4n) is 2.28. The smallest absolute Gasteiger partial charge is 0.251 e. The second kappa shape index (κ2) is 8.22. The van der Waals surface area contributed by atoms with Gasteiger partial charge in [-0.25, -0.2) is 12.7 Å². The van der Waals surface area contributed by atoms with Crippen molar-refractivity contribution in [2.24, 2.45) is 0 Å². The zero-order chi connectivity index (χ0) is 18.4. The molecule has 0 spiro atoms. The first-order chi connectivity index (χ1) is 11.8. The van der Waals surface area contributed by atoms with E-state index >= 15 is 0 Å². The first-order valence-electron chi connectivity index (χ1n) is 8.07. The molecule has 0 bridgehead atoms. The van der Waals surface area contributed by atoms with Crippen molar-refractivity contribution in [1.82, 2.24) is 14.6 Å². The fraction of sp³-hybridized carbons (Fsp3) is 0.333. The number of aromatic nitrogens is 1. The van der Waals surface area contributed by atoms with Crippen LogP contribution in [0.15, 0.2) is 53.7 Å². The largest absolute Gasteiger partial charge is 0.350 e. The van der Waals surface area contributed by atoms with Gasteiger partial charge in [-0.3, -0.25) is 9.78 Å². The van der Waals surface area contributed by atoms with Crippen molar-refractivity contribution in [2.75, 3.05) is 13.6 Å². The molecule has 0 fully saturated rings. The second-order valence-corrected chi connectivity index (χ2v) is 8.13. The summed E-state index contributed by atoms with van der Waals surface area (Å²) in [5, 5.41) is 2.76. The minimum absolute atomic E-state index is 0.0178. The number of carbonyl (C=O) groups is 1. The molecule has 2 aromatic rings. The fourth-order valence-corrected chi connectivity index (χ4v) is 3.50. The van der Waals surface area contributed by atoms with Crippen molar-refractivity contribution in [3.63, 3.8) is 0 Å². The van der Waals surface area contributed by atoms with Gasteiger partial charge in [0, 0.05) is 37.6 Å². The van der Waals surface area contributed by atoms with Gasteiger partial charge in [0.05, 0.1) is 4.90 Å². The van der Waals surface area contributed by atoms with E-state index in [-0.39, 0.29) is 16.8 Å². The van der Waals surface area contributed by atoms with E-state index in [4.69, 9.17) is 0 Å². The number of pyridine rings is 1. The number of hydrogen-bond acceptors (Lipinski definition) is 4. The quantitative estimate of drug-likeness (QED) is 0.819. The molecule has 0 aliphatic heterocycles. The Labute approximate surface area is 148 Å². The SMILES string of the molecule is CC(C)NC(=O)c1cccc(S(=O)(=O)N(C)CCc2ccncc2)c1. The van der Waals surface area contributed by atoms with E-state index in [1.807, 2.05) is 26.0 Å². The molecule has 0 aliphatic rings. The van der Waals surface area contributed by atoms with Crippen LogP contribution in [0.5, 0.6) is 0 Å². The molecular formula is C18H23N3O3S. The summed E-state index contributed by atoms with van der Waals surface area (Å²) in [5.74, 6) is -0.286. The van der Waals surface area contributed by atoms with Gasteiger partial charge in [0.25, 0.3) is 5.91 Å². The van der Waals surface area contributed by atoms with Crippen molar-refractivity contribution >= 4 is 15.9 Å². The van der Waals surface area contributed by atoms with Crippen molar-refractivity contribution in [3.05, 3.63) is 59.9 Å². The number of likely N-dealkylation sites (N-methyl/N-ethyl adjacent to an activating group) is 1. The van der Waals surface area contributed by atoms with Gasteiger partial charge in [0.2, 0.25) is 10.0 Å². The summed E-state index contributed by atoms with van der Waals surface area (Å²) in [6, 6.07) is 9.80. The summed E-state index contributed by atoms with van der Waals surface area (Å²) < 4.78 is 26.8. The third kappa shape index (κ3) is 5.11. The Morgan fingerprint density at radius 1 is 1.20 bits per heavy atom. The molecule has 0 atom stereocenters. The number of nitrogens with zero attached hydrogens (tertiary/aromatic N) is 2. The topological polar surface area (TPSA) is 79.4 Å². The predicted octanol–water partition coefficient (Wildman–Crippen LogP) is 2.08. The lowest BCUT2D eigenvalue weighted by atomic mass is 10.2. The first kappa shape index (κ1) is 19.1. The van der Waals surface area contributed by atoms with E-state index < -0.39 is 10.0 Å². The Hall–Kier alpha value is -2.25. The predicted molar refractivity (Wildman–Crippen MR) is 96.8 cm³/mol. The van der Waals surface area contributed by atoms with E-state index in [2.05, 4.69) is 10.3 Å². The molecule has 1 heterocycles. The highest BCUT2D eigenvalue weighted by Gasteiger charge is 2.21. The Morgan fingerprint density at radius 2 is 1.88 bits per heavy atom. The molecule has 1 aromatic carbocycles. The summed E-state index contributed by atoms with van der Waals surface area (Å²) >= 11 is 0. The van der Waals surface area contributed by atoms with Gasteiger partial charge in [0.15, 0.2) is 0 Å². The van der Waals surface area contributed by atoms with Crippen LogP contribution in [0.4, 0.5) is 0 Å². The maximum Gasteiger partial charge on any atom is 0.251 e. The average Bonchev–Trinajstić information content (AvgIpc) is 2.60. The van der Waals surface area contributed by atoms with Crippen LogP contribution in [0.1, 0.15) is 29.8 Å². The van der Waals surface area contributed by atoms with Crippen molar-refractivity contribution in [3.8, 4) is 0 Å². The molecule has 1 N–H and O–H groups in total. The molecule has 1 aromatic heterocycles. The standard InChI is InChI=1S/C18H23N3O3S/c1-14(2)20-18(22)16-5-4-6-17(13-16)25(23,24)21(3)12-9-15-7-10-19-11-8-15/h4-8,10-11,13-14H,9,12H2,1-3H3,(H,20,22). The maximum absolute atomic E-state index is 12.7. The van der Waals surface area contributed by atoms with Gasteiger partial charge < -0.3 is 5.32 Å². The minimum Gasteiger partial charge on any atom is -0.350 e. The molecule has 1 amide bonds. The zero-order valence-corrected chi connectivity index (χ0v) is 15.5. The first-order valence-corrected chi connectivity index (χ1v) is 9.51. The number of hydrogen-bond donors (Lipinski definition) is 1. The summed E-state index contributed by atoms with van der Waals surface area (Å²) in [4.78, 5) is 16.1. The van der Waals surface area contributed by atoms with Gasteiger partial charge >= 0.3 is 0 Å². The number of sulfonamides is 1. The van der Waals surface area contributed by atoms with Crippen LogP contribution >= 0.6 is 0 Å². The highest BCUT2D eigenvalue weighted by atomic mass is 32.2. The molecule has 2 rings (SSSR count). The zero-order valence-electron chi connectivity index (χ0n) is 14.6. The Kier molecular flexibility index (Phi) is 6.27. The number of benzene rings is 1. The third-order valence-electron chi connectivity index (χ3n) is 3.69. The van der Waals surface area contributed by atoms with Crippen molar-refractivity contribution in [2.45, 2.75) is 31.2 Å². The summed E-state index contributed by atoms with van der Waals surface area (Å²) in [5.41, 5.74) is 1.35. The highest BCUT2D eigenvalue weighted by Crippen LogP contribution is 2.16.